The van der Waals surface area contributed by atoms with E-state index in [2.05, 4.69) is 16.5 Å². The van der Waals surface area contributed by atoms with E-state index >= 15 is 0 Å². The van der Waals surface area contributed by atoms with Crippen LogP contribution in [0.4, 0.5) is 0 Å². The Morgan fingerprint density at radius 3 is 2.62 bits per heavy atom. The molecule has 2 N–H and O–H groups in total. The number of carbonyl (C=O) groups excluding carboxylic acids is 1. The van der Waals surface area contributed by atoms with Crippen molar-refractivity contribution in [2.45, 2.75) is 20.3 Å². The summed E-state index contributed by atoms with van der Waals surface area (Å²) in [4.78, 5) is 12.2. The Morgan fingerprint density at radius 2 is 1.97 bits per heavy atom. The fraction of sp³-hybridized carbons (Fsp3) is 0.292. The van der Waals surface area contributed by atoms with Crippen molar-refractivity contribution in [2.24, 2.45) is 0 Å². The smallest absolute Gasteiger partial charge is 0.251 e. The van der Waals surface area contributed by atoms with Gasteiger partial charge in [0.15, 0.2) is 0 Å². The van der Waals surface area contributed by atoms with Crippen LogP contribution in [0.5, 0.6) is 0 Å². The summed E-state index contributed by atoms with van der Waals surface area (Å²) in [6.45, 7) is 4.94. The number of halogens is 1. The Balaban J connectivity index is 1.69. The fourth-order valence-corrected chi connectivity index (χ4v) is 3.61. The normalized spacial score (nSPS) is 10.7. The van der Waals surface area contributed by atoms with E-state index in [1.807, 2.05) is 36.7 Å². The maximum atomic E-state index is 12.2. The van der Waals surface area contributed by atoms with Crippen molar-refractivity contribution in [3.05, 3.63) is 81.1 Å². The molecule has 0 saturated carbocycles. The zero-order chi connectivity index (χ0) is 23.1. The Kier molecular flexibility index (Phi) is 8.01. The van der Waals surface area contributed by atoms with Crippen LogP contribution in [-0.4, -0.2) is 47.2 Å². The molecule has 3 rings (SSSR count). The number of aromatic nitrogens is 2. The monoisotopic (exact) mass is 452 g/mol. The minimum atomic E-state index is -0.165. The molecular formula is C24H25ClN4O3. The molecule has 7 nitrogen and oxygen atoms in total. The molecule has 0 atom stereocenters. The topological polar surface area (TPSA) is 100 Å². The van der Waals surface area contributed by atoms with Crippen molar-refractivity contribution in [1.29, 1.82) is 5.26 Å². The number of benzene rings is 2. The molecule has 1 amide bonds. The van der Waals surface area contributed by atoms with Crippen molar-refractivity contribution in [1.82, 2.24) is 15.1 Å². The van der Waals surface area contributed by atoms with E-state index in [0.717, 1.165) is 28.2 Å². The number of aliphatic hydroxyl groups is 1. The summed E-state index contributed by atoms with van der Waals surface area (Å²) < 4.78 is 6.97. The number of rotatable bonds is 9. The quantitative estimate of drug-likeness (QED) is 0.485. The van der Waals surface area contributed by atoms with Crippen molar-refractivity contribution in [3.8, 4) is 11.8 Å². The third-order valence-corrected chi connectivity index (χ3v) is 5.44. The first-order valence-electron chi connectivity index (χ1n) is 10.3. The van der Waals surface area contributed by atoms with E-state index in [9.17, 15) is 4.79 Å². The van der Waals surface area contributed by atoms with E-state index in [1.165, 1.54) is 0 Å². The van der Waals surface area contributed by atoms with Crippen molar-refractivity contribution >= 4 is 17.5 Å². The number of hydrogen-bond donors (Lipinski definition) is 2. The lowest BCUT2D eigenvalue weighted by atomic mass is 10.0. The first-order chi connectivity index (χ1) is 15.4. The summed E-state index contributed by atoms with van der Waals surface area (Å²) >= 11 is 6.19. The Morgan fingerprint density at radius 1 is 1.22 bits per heavy atom. The molecule has 0 bridgehead atoms. The number of carbonyl (C=O) groups is 1. The van der Waals surface area contributed by atoms with Crippen molar-refractivity contribution in [2.75, 3.05) is 26.4 Å². The van der Waals surface area contributed by atoms with E-state index in [4.69, 9.17) is 26.7 Å². The Labute approximate surface area is 192 Å². The van der Waals surface area contributed by atoms with Gasteiger partial charge in [0.2, 0.25) is 0 Å². The van der Waals surface area contributed by atoms with Crippen LogP contribution in [0.15, 0.2) is 42.5 Å². The Hall–Kier alpha value is -3.18. The molecule has 0 spiro atoms. The molecule has 8 heteroatoms. The third kappa shape index (κ3) is 5.54. The zero-order valence-corrected chi connectivity index (χ0v) is 18.8. The maximum absolute atomic E-state index is 12.2. The number of amides is 1. The molecule has 3 aromatic rings. The molecule has 0 saturated heterocycles. The summed E-state index contributed by atoms with van der Waals surface area (Å²) in [6, 6.07) is 14.8. The number of hydrogen-bond acceptors (Lipinski definition) is 5. The second-order valence-electron chi connectivity index (χ2n) is 7.30. The summed E-state index contributed by atoms with van der Waals surface area (Å²) in [5.41, 5.74) is 5.88. The molecule has 0 aliphatic rings. The van der Waals surface area contributed by atoms with Crippen LogP contribution in [0.1, 0.15) is 38.4 Å². The maximum Gasteiger partial charge on any atom is 0.251 e. The van der Waals surface area contributed by atoms with Gasteiger partial charge in [-0.1, -0.05) is 23.7 Å². The number of nitriles is 1. The van der Waals surface area contributed by atoms with Gasteiger partial charge in [0.25, 0.3) is 5.91 Å². The second kappa shape index (κ2) is 10.9. The molecule has 32 heavy (non-hydrogen) atoms. The van der Waals surface area contributed by atoms with Gasteiger partial charge in [-0.25, -0.2) is 4.68 Å². The molecule has 0 aliphatic carbocycles. The number of nitrogens with zero attached hydrogens (tertiary/aromatic N) is 3. The molecule has 2 aromatic carbocycles. The lowest BCUT2D eigenvalue weighted by Crippen LogP contribution is -2.27. The summed E-state index contributed by atoms with van der Waals surface area (Å²) in [6.07, 6.45) is 0.679. The van der Waals surface area contributed by atoms with E-state index < -0.39 is 0 Å². The summed E-state index contributed by atoms with van der Waals surface area (Å²) in [5.74, 6) is -0.165. The van der Waals surface area contributed by atoms with Crippen LogP contribution in [0, 0.1) is 25.2 Å². The van der Waals surface area contributed by atoms with Crippen LogP contribution < -0.4 is 5.32 Å². The highest BCUT2D eigenvalue weighted by Gasteiger charge is 2.15. The number of ether oxygens (including phenoxy) is 1. The van der Waals surface area contributed by atoms with Gasteiger partial charge >= 0.3 is 0 Å². The predicted molar refractivity (Wildman–Crippen MR) is 122 cm³/mol. The van der Waals surface area contributed by atoms with Crippen molar-refractivity contribution < 1.29 is 14.6 Å². The SMILES string of the molecule is Cc1nn(-c2ccc(C#N)c(Cl)c2)c(C)c1Cc1ccc(C(=O)NCCOCCO)cc1. The summed E-state index contributed by atoms with van der Waals surface area (Å²) in [7, 11) is 0. The first kappa shape index (κ1) is 23.5. The van der Waals surface area contributed by atoms with Crippen molar-refractivity contribution in [3.63, 3.8) is 0 Å². The minimum absolute atomic E-state index is 0.0333. The highest BCUT2D eigenvalue weighted by molar-refractivity contribution is 6.31. The molecule has 1 aromatic heterocycles. The Bertz CT molecular complexity index is 1130. The van der Waals surface area contributed by atoms with Gasteiger partial charge in [0.1, 0.15) is 6.07 Å². The van der Waals surface area contributed by atoms with Gasteiger partial charge in [-0.15, -0.1) is 0 Å². The third-order valence-electron chi connectivity index (χ3n) is 5.12. The number of nitrogens with one attached hydrogen (secondary N) is 1. The molecular weight excluding hydrogens is 428 g/mol. The van der Waals surface area contributed by atoms with E-state index in [0.29, 0.717) is 35.7 Å². The molecule has 1 heterocycles. The highest BCUT2D eigenvalue weighted by atomic mass is 35.5. The number of aliphatic hydroxyl groups excluding tert-OH is 1. The largest absolute Gasteiger partial charge is 0.394 e. The van der Waals surface area contributed by atoms with Gasteiger partial charge < -0.3 is 15.2 Å². The minimum Gasteiger partial charge on any atom is -0.394 e. The summed E-state index contributed by atoms with van der Waals surface area (Å²) in [5, 5.41) is 25.6. The van der Waals surface area contributed by atoms with Gasteiger partial charge in [-0.2, -0.15) is 10.4 Å². The fourth-order valence-electron chi connectivity index (χ4n) is 3.39. The van der Waals surface area contributed by atoms with Gasteiger partial charge in [0, 0.05) is 29.8 Å². The predicted octanol–water partition coefficient (Wildman–Crippen LogP) is 3.34. The van der Waals surface area contributed by atoms with Gasteiger partial charge in [0.05, 0.1) is 41.8 Å². The van der Waals surface area contributed by atoms with Gasteiger partial charge in [-0.05, 0) is 49.7 Å². The second-order valence-corrected chi connectivity index (χ2v) is 7.71. The molecule has 0 unspecified atom stereocenters. The average molecular weight is 453 g/mol. The van der Waals surface area contributed by atoms with Crippen LogP contribution in [0.25, 0.3) is 5.69 Å². The lowest BCUT2D eigenvalue weighted by Gasteiger charge is -2.08. The van der Waals surface area contributed by atoms with Crippen LogP contribution in [-0.2, 0) is 11.2 Å². The van der Waals surface area contributed by atoms with Crippen LogP contribution >= 0.6 is 11.6 Å². The molecule has 166 valence electrons. The highest BCUT2D eigenvalue weighted by Crippen LogP contribution is 2.24. The van der Waals surface area contributed by atoms with Crippen LogP contribution in [0.2, 0.25) is 5.02 Å². The molecule has 0 aliphatic heterocycles. The zero-order valence-electron chi connectivity index (χ0n) is 18.1. The lowest BCUT2D eigenvalue weighted by molar-refractivity contribution is 0.0838. The average Bonchev–Trinajstić information content (AvgIpc) is 3.07. The van der Waals surface area contributed by atoms with Crippen LogP contribution in [0.3, 0.4) is 0 Å². The van der Waals surface area contributed by atoms with Gasteiger partial charge in [-0.3, -0.25) is 4.79 Å². The number of aryl methyl sites for hydroxylation is 1. The standard InChI is InChI=1S/C24H25ClN4O3/c1-16-22(17(2)29(28-16)21-8-7-20(15-26)23(25)14-21)13-18-3-5-19(6-4-18)24(31)27-9-11-32-12-10-30/h3-8,14,30H,9-13H2,1-2H3,(H,27,31). The van der Waals surface area contributed by atoms with E-state index in [-0.39, 0.29) is 19.1 Å². The first-order valence-corrected chi connectivity index (χ1v) is 10.6. The molecule has 0 fully saturated rings. The molecule has 0 radical (unpaired) electrons. The van der Waals surface area contributed by atoms with E-state index in [1.54, 1.807) is 24.3 Å².